The minimum absolute atomic E-state index is 0.183. The lowest BCUT2D eigenvalue weighted by molar-refractivity contribution is -0.138. The first kappa shape index (κ1) is 32.2. The molecule has 0 fully saturated rings. The Labute approximate surface area is 297 Å². The quantitative estimate of drug-likeness (QED) is 0.122. The van der Waals surface area contributed by atoms with E-state index in [1.54, 1.807) is 18.6 Å². The maximum absolute atomic E-state index is 14.3. The fourth-order valence-electron chi connectivity index (χ4n) is 5.25. The number of methoxy groups -OCH3 is 1. The largest absolute Gasteiger partial charge is 0.497 e. The highest BCUT2D eigenvalue weighted by Gasteiger charge is 2.35. The van der Waals surface area contributed by atoms with Crippen LogP contribution in [-0.2, 0) is 16.1 Å². The normalized spacial score (nSPS) is 14.4. The van der Waals surface area contributed by atoms with E-state index in [1.165, 1.54) is 11.3 Å². The maximum atomic E-state index is 14.3. The summed E-state index contributed by atoms with van der Waals surface area (Å²) in [7, 11) is 1.59. The average molecular weight is 855 g/mol. The van der Waals surface area contributed by atoms with Crippen LogP contribution in [0, 0.1) is 7.14 Å². The summed E-state index contributed by atoms with van der Waals surface area (Å²) in [5.41, 5.74) is 3.93. The van der Waals surface area contributed by atoms with Gasteiger partial charge >= 0.3 is 5.97 Å². The number of nitrogens with zero attached hydrogens (tertiary/aromatic N) is 2. The zero-order valence-corrected chi connectivity index (χ0v) is 30.0. The smallest absolute Gasteiger partial charge is 0.338 e. The Bertz CT molecular complexity index is 2100. The summed E-state index contributed by atoms with van der Waals surface area (Å²) < 4.78 is 21.2. The Kier molecular flexibility index (Phi) is 10.0. The third-order valence-electron chi connectivity index (χ3n) is 7.33. The molecular formula is C36H28I2N2O5S. The Morgan fingerprint density at radius 3 is 2.33 bits per heavy atom. The van der Waals surface area contributed by atoms with E-state index in [4.69, 9.17) is 19.2 Å². The molecule has 0 radical (unpaired) electrons. The van der Waals surface area contributed by atoms with Crippen molar-refractivity contribution in [2.75, 3.05) is 13.7 Å². The first-order chi connectivity index (χ1) is 22.4. The Morgan fingerprint density at radius 1 is 0.957 bits per heavy atom. The number of carbonyl (C=O) groups excluding carboxylic acids is 1. The second-order valence-corrected chi connectivity index (χ2v) is 13.6. The van der Waals surface area contributed by atoms with Gasteiger partial charge in [-0.05, 0) is 99.1 Å². The molecule has 0 bridgehead atoms. The molecule has 0 aliphatic carbocycles. The van der Waals surface area contributed by atoms with Crippen LogP contribution in [0.3, 0.4) is 0 Å². The van der Waals surface area contributed by atoms with Crippen molar-refractivity contribution < 1.29 is 19.0 Å². The molecule has 0 N–H and O–H groups in total. The van der Waals surface area contributed by atoms with Gasteiger partial charge in [0.2, 0.25) is 0 Å². The molecule has 46 heavy (non-hydrogen) atoms. The van der Waals surface area contributed by atoms with Gasteiger partial charge in [-0.15, -0.1) is 0 Å². The molecule has 0 amide bonds. The van der Waals surface area contributed by atoms with E-state index in [9.17, 15) is 9.59 Å². The number of benzene rings is 4. The van der Waals surface area contributed by atoms with E-state index in [2.05, 4.69) is 45.2 Å². The molecule has 1 atom stereocenters. The van der Waals surface area contributed by atoms with Gasteiger partial charge in [-0.2, -0.15) is 0 Å². The molecular weight excluding hydrogens is 826 g/mol. The van der Waals surface area contributed by atoms with Crippen molar-refractivity contribution in [2.24, 2.45) is 4.99 Å². The van der Waals surface area contributed by atoms with Crippen LogP contribution in [0.25, 0.3) is 11.8 Å². The minimum atomic E-state index is -0.781. The first-order valence-corrected chi connectivity index (χ1v) is 17.4. The van der Waals surface area contributed by atoms with E-state index in [0.29, 0.717) is 38.5 Å². The predicted molar refractivity (Wildman–Crippen MR) is 197 cm³/mol. The molecule has 5 aromatic rings. The molecule has 1 aliphatic heterocycles. The van der Waals surface area contributed by atoms with Crippen molar-refractivity contribution in [1.82, 2.24) is 4.57 Å². The van der Waals surface area contributed by atoms with Crippen molar-refractivity contribution in [1.29, 1.82) is 0 Å². The summed E-state index contributed by atoms with van der Waals surface area (Å²) in [6, 6.07) is 30.2. The fraction of sp³-hybridized carbons (Fsp3) is 0.139. The van der Waals surface area contributed by atoms with Crippen molar-refractivity contribution in [3.05, 3.63) is 152 Å². The molecule has 0 unspecified atom stereocenters. The third-order valence-corrected chi connectivity index (χ3v) is 9.91. The molecule has 2 heterocycles. The number of thiazole rings is 1. The van der Waals surface area contributed by atoms with Crippen molar-refractivity contribution in [3.63, 3.8) is 0 Å². The highest BCUT2D eigenvalue weighted by atomic mass is 127. The molecule has 7 nitrogen and oxygen atoms in total. The Hall–Kier alpha value is -3.75. The van der Waals surface area contributed by atoms with E-state index >= 15 is 0 Å². The number of esters is 1. The second-order valence-electron chi connectivity index (χ2n) is 10.3. The second kappa shape index (κ2) is 14.3. The molecule has 4 aromatic carbocycles. The number of halogens is 2. The van der Waals surface area contributed by atoms with Gasteiger partial charge in [0, 0.05) is 5.56 Å². The molecule has 10 heteroatoms. The van der Waals surface area contributed by atoms with E-state index < -0.39 is 12.0 Å². The van der Waals surface area contributed by atoms with Gasteiger partial charge in [-0.25, -0.2) is 9.79 Å². The Balaban J connectivity index is 1.50. The van der Waals surface area contributed by atoms with Gasteiger partial charge in [0.05, 0.1) is 42.7 Å². The number of fused-ring (bicyclic) bond motifs is 1. The zero-order valence-electron chi connectivity index (χ0n) is 24.9. The third kappa shape index (κ3) is 6.69. The lowest BCUT2D eigenvalue weighted by Crippen LogP contribution is -2.40. The Morgan fingerprint density at radius 2 is 1.65 bits per heavy atom. The van der Waals surface area contributed by atoms with Crippen molar-refractivity contribution in [2.45, 2.75) is 19.6 Å². The molecule has 0 saturated heterocycles. The predicted octanol–water partition coefficient (Wildman–Crippen LogP) is 6.73. The van der Waals surface area contributed by atoms with Crippen LogP contribution in [0.4, 0.5) is 0 Å². The molecule has 6 rings (SSSR count). The summed E-state index contributed by atoms with van der Waals surface area (Å²) in [6.45, 7) is 2.40. The summed E-state index contributed by atoms with van der Waals surface area (Å²) in [5.74, 6) is 0.885. The standard InChI is InChI=1S/C36H28I2N2O5S/c1-3-44-35(42)30-31(24-13-8-5-9-14-24)39-36-40(32(30)25-15-10-16-26(20-25)43-2)34(41)29(46-36)19-23-17-27(37)33(28(38)18-23)45-21-22-11-6-4-7-12-22/h4-20,32H,3,21H2,1-2H3/b29-19-/t32-/m0/s1. The van der Waals surface area contributed by atoms with E-state index in [-0.39, 0.29) is 12.2 Å². The highest BCUT2D eigenvalue weighted by Crippen LogP contribution is 2.36. The SMILES string of the molecule is CCOC(=O)C1=C(c2ccccc2)N=c2s/c(=C\c3cc(I)c(OCc4ccccc4)c(I)c3)c(=O)n2[C@H]1c1cccc(OC)c1. The number of ether oxygens (including phenoxy) is 3. The number of aromatic nitrogens is 1. The van der Waals surface area contributed by atoms with Gasteiger partial charge in [-0.3, -0.25) is 9.36 Å². The van der Waals surface area contributed by atoms with E-state index in [1.807, 2.05) is 103 Å². The summed E-state index contributed by atoms with van der Waals surface area (Å²) in [4.78, 5) is 33.4. The van der Waals surface area contributed by atoms with Crippen LogP contribution < -0.4 is 24.4 Å². The molecule has 0 saturated carbocycles. The fourth-order valence-corrected chi connectivity index (χ4v) is 8.38. The number of hydrogen-bond acceptors (Lipinski definition) is 7. The topological polar surface area (TPSA) is 79.1 Å². The first-order valence-electron chi connectivity index (χ1n) is 14.5. The van der Waals surface area contributed by atoms with Gasteiger partial charge < -0.3 is 14.2 Å². The van der Waals surface area contributed by atoms with Gasteiger partial charge in [0.25, 0.3) is 5.56 Å². The van der Waals surface area contributed by atoms with Gasteiger partial charge in [-0.1, -0.05) is 84.1 Å². The number of hydrogen-bond donors (Lipinski definition) is 0. The summed E-state index contributed by atoms with van der Waals surface area (Å²) in [6.07, 6.45) is 1.87. The van der Waals surface area contributed by atoms with Crippen LogP contribution in [0.1, 0.15) is 35.2 Å². The molecule has 1 aliphatic rings. The van der Waals surface area contributed by atoms with E-state index in [0.717, 1.165) is 29.6 Å². The molecule has 0 spiro atoms. The molecule has 1 aromatic heterocycles. The van der Waals surface area contributed by atoms with Gasteiger partial charge in [0.15, 0.2) is 4.80 Å². The monoisotopic (exact) mass is 854 g/mol. The maximum Gasteiger partial charge on any atom is 0.338 e. The minimum Gasteiger partial charge on any atom is -0.497 e. The average Bonchev–Trinajstić information content (AvgIpc) is 3.38. The van der Waals surface area contributed by atoms with Crippen molar-refractivity contribution >= 4 is 74.3 Å². The lowest BCUT2D eigenvalue weighted by atomic mass is 9.93. The molecule has 232 valence electrons. The summed E-state index contributed by atoms with van der Waals surface area (Å²) >= 11 is 5.83. The van der Waals surface area contributed by atoms with Crippen LogP contribution in [0.5, 0.6) is 11.5 Å². The van der Waals surface area contributed by atoms with Gasteiger partial charge in [0.1, 0.15) is 18.1 Å². The summed E-state index contributed by atoms with van der Waals surface area (Å²) in [5, 5.41) is 0. The van der Waals surface area contributed by atoms with Crippen molar-refractivity contribution in [3.8, 4) is 11.5 Å². The number of carbonyl (C=O) groups is 1. The van der Waals surface area contributed by atoms with Crippen LogP contribution >= 0.6 is 56.5 Å². The highest BCUT2D eigenvalue weighted by molar-refractivity contribution is 14.1. The van der Waals surface area contributed by atoms with Crippen LogP contribution in [-0.4, -0.2) is 24.3 Å². The van der Waals surface area contributed by atoms with Crippen LogP contribution in [0.2, 0.25) is 0 Å². The number of rotatable bonds is 9. The lowest BCUT2D eigenvalue weighted by Gasteiger charge is -2.26. The van der Waals surface area contributed by atoms with Crippen LogP contribution in [0.15, 0.2) is 112 Å². The zero-order chi connectivity index (χ0) is 32.2.